The van der Waals surface area contributed by atoms with Gasteiger partial charge in [0.1, 0.15) is 11.6 Å². The van der Waals surface area contributed by atoms with E-state index in [0.717, 1.165) is 25.3 Å². The Morgan fingerprint density at radius 2 is 1.96 bits per heavy atom. The maximum Gasteiger partial charge on any atom is 0.336 e. The number of carbonyl (C=O) groups is 2. The van der Waals surface area contributed by atoms with E-state index in [2.05, 4.69) is 10.1 Å². The summed E-state index contributed by atoms with van der Waals surface area (Å²) in [5.74, 6) is -2.99. The van der Waals surface area contributed by atoms with Gasteiger partial charge in [-0.1, -0.05) is 0 Å². The van der Waals surface area contributed by atoms with Crippen LogP contribution >= 0.6 is 0 Å². The molecule has 7 heteroatoms. The number of halogens is 2. The molecule has 128 valence electrons. The molecular weight excluding hydrogens is 308 g/mol. The van der Waals surface area contributed by atoms with Crippen LogP contribution in [0.15, 0.2) is 18.2 Å². The largest absolute Gasteiger partial charge is 0.467 e. The van der Waals surface area contributed by atoms with Crippen LogP contribution in [0.2, 0.25) is 0 Å². The lowest BCUT2D eigenvalue weighted by atomic mass is 9.91. The van der Waals surface area contributed by atoms with Gasteiger partial charge in [0, 0.05) is 5.56 Å². The molecule has 0 radical (unpaired) electrons. The molecule has 1 aromatic rings. The molecule has 0 aromatic heterocycles. The van der Waals surface area contributed by atoms with Crippen LogP contribution < -0.4 is 5.32 Å². The molecule has 0 aliphatic heterocycles. The molecule has 0 fully saturated rings. The van der Waals surface area contributed by atoms with Crippen LogP contribution in [0.25, 0.3) is 0 Å². The van der Waals surface area contributed by atoms with Gasteiger partial charge in [0.2, 0.25) is 5.91 Å². The van der Waals surface area contributed by atoms with Gasteiger partial charge >= 0.3 is 5.97 Å². The summed E-state index contributed by atoms with van der Waals surface area (Å²) in [5, 5.41) is 2.40. The Kier molecular flexibility index (Phi) is 6.62. The molecule has 23 heavy (non-hydrogen) atoms. The molecule has 0 heterocycles. The zero-order valence-electron chi connectivity index (χ0n) is 13.6. The Morgan fingerprint density at radius 1 is 1.30 bits per heavy atom. The fraction of sp³-hybridized carbons (Fsp3) is 0.500. The Bertz CT molecular complexity index is 577. The highest BCUT2D eigenvalue weighted by Gasteiger charge is 2.40. The Balaban J connectivity index is 3.01. The predicted molar refractivity (Wildman–Crippen MR) is 79.6 cm³/mol. The van der Waals surface area contributed by atoms with Crippen molar-refractivity contribution < 1.29 is 27.8 Å². The predicted octanol–water partition coefficient (Wildman–Crippen LogP) is 2.28. The third-order valence-corrected chi connectivity index (χ3v) is 3.23. The molecule has 1 atom stereocenters. The van der Waals surface area contributed by atoms with E-state index in [9.17, 15) is 18.4 Å². The summed E-state index contributed by atoms with van der Waals surface area (Å²) in [7, 11) is 1.10. The first-order valence-corrected chi connectivity index (χ1v) is 7.17. The second-order valence-electron chi connectivity index (χ2n) is 5.46. The second-order valence-corrected chi connectivity index (χ2v) is 5.46. The van der Waals surface area contributed by atoms with Crippen LogP contribution in [-0.4, -0.2) is 31.7 Å². The van der Waals surface area contributed by atoms with E-state index in [0.29, 0.717) is 0 Å². The van der Waals surface area contributed by atoms with Crippen molar-refractivity contribution in [3.05, 3.63) is 35.4 Å². The van der Waals surface area contributed by atoms with Crippen molar-refractivity contribution in [1.82, 2.24) is 5.32 Å². The molecule has 0 bridgehead atoms. The number of methoxy groups -OCH3 is 1. The standard InChI is InChI=1S/C16H21F2NO4/c1-10(2)23-8-7-14(20)19-16(3,15(21)22-4)12-9-11(17)5-6-13(12)18/h5-6,9-10H,7-8H2,1-4H3,(H,19,20). The van der Waals surface area contributed by atoms with Gasteiger partial charge in [-0.05, 0) is 39.0 Å². The van der Waals surface area contributed by atoms with Crippen LogP contribution in [0.1, 0.15) is 32.8 Å². The van der Waals surface area contributed by atoms with Crippen LogP contribution in [-0.2, 0) is 24.6 Å². The lowest BCUT2D eigenvalue weighted by Crippen LogP contribution is -2.51. The number of rotatable bonds is 7. The second kappa shape index (κ2) is 8.01. The van der Waals surface area contributed by atoms with E-state index >= 15 is 0 Å². The van der Waals surface area contributed by atoms with E-state index in [4.69, 9.17) is 4.74 Å². The summed E-state index contributed by atoms with van der Waals surface area (Å²) < 4.78 is 37.3. The SMILES string of the molecule is COC(=O)C(C)(NC(=O)CCOC(C)C)c1cc(F)ccc1F. The van der Waals surface area contributed by atoms with Crippen LogP contribution in [0.3, 0.4) is 0 Å². The van der Waals surface area contributed by atoms with Gasteiger partial charge < -0.3 is 14.8 Å². The van der Waals surface area contributed by atoms with E-state index in [1.807, 2.05) is 13.8 Å². The fourth-order valence-electron chi connectivity index (χ4n) is 2.04. The van der Waals surface area contributed by atoms with Crippen molar-refractivity contribution in [2.45, 2.75) is 38.8 Å². The van der Waals surface area contributed by atoms with Crippen molar-refractivity contribution in [2.75, 3.05) is 13.7 Å². The van der Waals surface area contributed by atoms with Crippen molar-refractivity contribution in [1.29, 1.82) is 0 Å². The number of carbonyl (C=O) groups excluding carboxylic acids is 2. The molecule has 0 aliphatic carbocycles. The van der Waals surface area contributed by atoms with E-state index in [-0.39, 0.29) is 24.7 Å². The minimum absolute atomic E-state index is 0.0261. The molecule has 1 rings (SSSR count). The maximum atomic E-state index is 14.0. The molecule has 0 aliphatic rings. The normalized spacial score (nSPS) is 13.5. The Hall–Kier alpha value is -2.02. The monoisotopic (exact) mass is 329 g/mol. The first-order valence-electron chi connectivity index (χ1n) is 7.17. The van der Waals surface area contributed by atoms with Gasteiger partial charge in [-0.15, -0.1) is 0 Å². The highest BCUT2D eigenvalue weighted by atomic mass is 19.1. The Labute approximate surface area is 134 Å². The summed E-state index contributed by atoms with van der Waals surface area (Å²) in [4.78, 5) is 24.1. The number of hydrogen-bond acceptors (Lipinski definition) is 4. The summed E-state index contributed by atoms with van der Waals surface area (Å²) in [6, 6.07) is 2.67. The minimum atomic E-state index is -1.84. The van der Waals surface area contributed by atoms with Gasteiger partial charge in [-0.2, -0.15) is 0 Å². The van der Waals surface area contributed by atoms with Crippen molar-refractivity contribution in [2.24, 2.45) is 0 Å². The average Bonchev–Trinajstić information content (AvgIpc) is 2.48. The molecule has 0 spiro atoms. The van der Waals surface area contributed by atoms with Crippen LogP contribution in [0, 0.1) is 11.6 Å². The highest BCUT2D eigenvalue weighted by Crippen LogP contribution is 2.26. The number of nitrogens with one attached hydrogen (secondary N) is 1. The average molecular weight is 329 g/mol. The van der Waals surface area contributed by atoms with Gasteiger partial charge in [0.05, 0.1) is 26.2 Å². The smallest absolute Gasteiger partial charge is 0.336 e. The molecule has 1 amide bonds. The summed E-state index contributed by atoms with van der Waals surface area (Å²) in [6.45, 7) is 5.04. The van der Waals surface area contributed by atoms with Gasteiger partial charge in [0.25, 0.3) is 0 Å². The van der Waals surface area contributed by atoms with Gasteiger partial charge in [-0.3, -0.25) is 4.79 Å². The number of ether oxygens (including phenoxy) is 2. The number of hydrogen-bond donors (Lipinski definition) is 1. The highest BCUT2D eigenvalue weighted by molar-refractivity contribution is 5.88. The lowest BCUT2D eigenvalue weighted by molar-refractivity contribution is -0.151. The van der Waals surface area contributed by atoms with Crippen molar-refractivity contribution >= 4 is 11.9 Å². The fourth-order valence-corrected chi connectivity index (χ4v) is 2.04. The molecular formula is C16H21F2NO4. The van der Waals surface area contributed by atoms with E-state index in [1.165, 1.54) is 6.92 Å². The molecule has 5 nitrogen and oxygen atoms in total. The topological polar surface area (TPSA) is 64.6 Å². The number of amides is 1. The molecule has 1 unspecified atom stereocenters. The first kappa shape index (κ1) is 19.0. The zero-order chi connectivity index (χ0) is 17.6. The number of benzene rings is 1. The quantitative estimate of drug-likeness (QED) is 0.780. The molecule has 1 N–H and O–H groups in total. The van der Waals surface area contributed by atoms with Crippen LogP contribution in [0.4, 0.5) is 8.78 Å². The summed E-state index contributed by atoms with van der Waals surface area (Å²) in [5.41, 5.74) is -2.14. The minimum Gasteiger partial charge on any atom is -0.467 e. The van der Waals surface area contributed by atoms with Crippen LogP contribution in [0.5, 0.6) is 0 Å². The van der Waals surface area contributed by atoms with E-state index < -0.39 is 29.0 Å². The maximum absolute atomic E-state index is 14.0. The van der Waals surface area contributed by atoms with Gasteiger partial charge in [-0.25, -0.2) is 13.6 Å². The number of esters is 1. The zero-order valence-corrected chi connectivity index (χ0v) is 13.6. The molecule has 0 saturated carbocycles. The third kappa shape index (κ3) is 4.99. The first-order chi connectivity index (χ1) is 10.7. The molecule has 1 aromatic carbocycles. The van der Waals surface area contributed by atoms with Crippen molar-refractivity contribution in [3.63, 3.8) is 0 Å². The molecule has 0 saturated heterocycles. The summed E-state index contributed by atoms with van der Waals surface area (Å²) >= 11 is 0. The van der Waals surface area contributed by atoms with Gasteiger partial charge in [0.15, 0.2) is 5.54 Å². The van der Waals surface area contributed by atoms with E-state index in [1.54, 1.807) is 0 Å². The third-order valence-electron chi connectivity index (χ3n) is 3.23. The van der Waals surface area contributed by atoms with Crippen molar-refractivity contribution in [3.8, 4) is 0 Å². The summed E-state index contributed by atoms with van der Waals surface area (Å²) in [6.07, 6.45) is -0.0720. The lowest BCUT2D eigenvalue weighted by Gasteiger charge is -2.29. The Morgan fingerprint density at radius 3 is 2.52 bits per heavy atom.